The van der Waals surface area contributed by atoms with Crippen LogP contribution in [0.3, 0.4) is 0 Å². The van der Waals surface area contributed by atoms with Crippen molar-refractivity contribution in [3.05, 3.63) is 90.0 Å². The number of imidazole rings is 1. The fourth-order valence-corrected chi connectivity index (χ4v) is 4.82. The van der Waals surface area contributed by atoms with Crippen LogP contribution in [-0.4, -0.2) is 4.98 Å². The van der Waals surface area contributed by atoms with Crippen LogP contribution in [-0.2, 0) is 18.4 Å². The number of aromatic amines is 1. The molecule has 0 spiro atoms. The van der Waals surface area contributed by atoms with Crippen molar-refractivity contribution in [2.24, 2.45) is 0 Å². The molecular weight excluding hydrogens is 364 g/mol. The van der Waals surface area contributed by atoms with Gasteiger partial charge in [-0.25, -0.2) is 9.55 Å². The summed E-state index contributed by atoms with van der Waals surface area (Å²) >= 11 is 0. The van der Waals surface area contributed by atoms with Crippen LogP contribution in [0.4, 0.5) is 0 Å². The van der Waals surface area contributed by atoms with Gasteiger partial charge in [0.15, 0.2) is 0 Å². The molecule has 1 heterocycles. The predicted molar refractivity (Wildman–Crippen MR) is 127 cm³/mol. The normalized spacial score (nSPS) is 14.4. The minimum atomic E-state index is 0.0230. The summed E-state index contributed by atoms with van der Waals surface area (Å²) in [7, 11) is 0. The maximum absolute atomic E-state index is 3.67. The highest BCUT2D eigenvalue weighted by Crippen LogP contribution is 2.43. The lowest BCUT2D eigenvalue weighted by atomic mass is 9.66. The number of hydrogen-bond acceptors (Lipinski definition) is 0. The molecule has 0 aliphatic rings. The van der Waals surface area contributed by atoms with Crippen molar-refractivity contribution in [3.63, 3.8) is 0 Å². The highest BCUT2D eigenvalue weighted by atomic mass is 15.1. The zero-order valence-electron chi connectivity index (χ0n) is 19.1. The van der Waals surface area contributed by atoms with Crippen LogP contribution >= 0.6 is 0 Å². The lowest BCUT2D eigenvalue weighted by Gasteiger charge is -2.37. The molecule has 1 N–H and O–H groups in total. The van der Waals surface area contributed by atoms with Crippen LogP contribution in [0.25, 0.3) is 0 Å². The van der Waals surface area contributed by atoms with Gasteiger partial charge in [-0.1, -0.05) is 107 Å². The van der Waals surface area contributed by atoms with E-state index in [0.717, 1.165) is 13.0 Å². The average Bonchev–Trinajstić information content (AvgIpc) is 3.24. The van der Waals surface area contributed by atoms with E-state index >= 15 is 0 Å². The Morgan fingerprint density at radius 2 is 1.53 bits per heavy atom. The predicted octanol–water partition coefficient (Wildman–Crippen LogP) is 6.97. The van der Waals surface area contributed by atoms with Crippen molar-refractivity contribution in [2.75, 3.05) is 0 Å². The van der Waals surface area contributed by atoms with E-state index in [4.69, 9.17) is 0 Å². The SMILES string of the molecule is CCCCCC(c1[nH]cc[n+]1CCCC)C(C)(Cc1ccccc1)c1ccccc1. The Morgan fingerprint density at radius 3 is 2.20 bits per heavy atom. The molecule has 1 aromatic heterocycles. The summed E-state index contributed by atoms with van der Waals surface area (Å²) in [6.07, 6.45) is 12.9. The van der Waals surface area contributed by atoms with Crippen molar-refractivity contribution in [3.8, 4) is 0 Å². The summed E-state index contributed by atoms with van der Waals surface area (Å²) < 4.78 is 2.48. The summed E-state index contributed by atoms with van der Waals surface area (Å²) in [5.74, 6) is 1.83. The molecule has 2 unspecified atom stereocenters. The highest BCUT2D eigenvalue weighted by molar-refractivity contribution is 5.32. The van der Waals surface area contributed by atoms with E-state index < -0.39 is 0 Å². The minimum absolute atomic E-state index is 0.0230. The van der Waals surface area contributed by atoms with Crippen LogP contribution in [0.15, 0.2) is 73.1 Å². The summed E-state index contributed by atoms with van der Waals surface area (Å²) in [4.78, 5) is 3.67. The molecule has 2 heteroatoms. The lowest BCUT2D eigenvalue weighted by Crippen LogP contribution is -2.43. The summed E-state index contributed by atoms with van der Waals surface area (Å²) in [6, 6.07) is 22.2. The molecule has 0 aliphatic heterocycles. The third-order valence-corrected chi connectivity index (χ3v) is 6.59. The topological polar surface area (TPSA) is 19.7 Å². The van der Waals surface area contributed by atoms with E-state index in [0.29, 0.717) is 5.92 Å². The molecule has 160 valence electrons. The third kappa shape index (κ3) is 5.41. The van der Waals surface area contributed by atoms with E-state index in [1.54, 1.807) is 0 Å². The average molecular weight is 404 g/mol. The van der Waals surface area contributed by atoms with Gasteiger partial charge in [-0.3, -0.25) is 0 Å². The van der Waals surface area contributed by atoms with E-state index in [2.05, 4.69) is 103 Å². The first-order valence-corrected chi connectivity index (χ1v) is 11.8. The van der Waals surface area contributed by atoms with Crippen molar-refractivity contribution in [1.29, 1.82) is 0 Å². The third-order valence-electron chi connectivity index (χ3n) is 6.59. The number of unbranched alkanes of at least 4 members (excludes halogenated alkanes) is 3. The molecule has 3 rings (SSSR count). The Bertz CT molecular complexity index is 853. The lowest BCUT2D eigenvalue weighted by molar-refractivity contribution is -0.705. The van der Waals surface area contributed by atoms with Crippen molar-refractivity contribution < 1.29 is 4.57 Å². The Morgan fingerprint density at radius 1 is 0.867 bits per heavy atom. The second-order valence-corrected chi connectivity index (χ2v) is 8.89. The Kier molecular flexibility index (Phi) is 8.30. The fraction of sp³-hybridized carbons (Fsp3) is 0.464. The van der Waals surface area contributed by atoms with Gasteiger partial charge in [0.25, 0.3) is 5.82 Å². The molecule has 2 nitrogen and oxygen atoms in total. The van der Waals surface area contributed by atoms with E-state index in [1.165, 1.54) is 55.5 Å². The van der Waals surface area contributed by atoms with Crippen molar-refractivity contribution >= 4 is 0 Å². The maximum Gasteiger partial charge on any atom is 0.258 e. The highest BCUT2D eigenvalue weighted by Gasteiger charge is 2.41. The minimum Gasteiger partial charge on any atom is -0.247 e. The van der Waals surface area contributed by atoms with Gasteiger partial charge in [-0.2, -0.15) is 0 Å². The Balaban J connectivity index is 2.05. The first kappa shape index (κ1) is 22.3. The number of H-pyrrole nitrogens is 1. The first-order valence-electron chi connectivity index (χ1n) is 11.8. The van der Waals surface area contributed by atoms with E-state index in [9.17, 15) is 0 Å². The van der Waals surface area contributed by atoms with Crippen LogP contribution in [0.2, 0.25) is 0 Å². The van der Waals surface area contributed by atoms with Crippen LogP contribution in [0, 0.1) is 0 Å². The molecule has 3 aromatic rings. The van der Waals surface area contributed by atoms with Gasteiger partial charge in [-0.15, -0.1) is 0 Å². The van der Waals surface area contributed by atoms with Crippen LogP contribution < -0.4 is 4.57 Å². The van der Waals surface area contributed by atoms with Crippen molar-refractivity contribution in [1.82, 2.24) is 4.98 Å². The van der Waals surface area contributed by atoms with Gasteiger partial charge >= 0.3 is 0 Å². The van der Waals surface area contributed by atoms with Gasteiger partial charge in [0.05, 0.1) is 12.5 Å². The molecule has 0 saturated carbocycles. The van der Waals surface area contributed by atoms with Gasteiger partial charge in [0.1, 0.15) is 12.4 Å². The zero-order valence-corrected chi connectivity index (χ0v) is 19.1. The Hall–Kier alpha value is -2.35. The van der Waals surface area contributed by atoms with Gasteiger partial charge in [-0.05, 0) is 30.4 Å². The molecule has 0 aliphatic carbocycles. The van der Waals surface area contributed by atoms with Gasteiger partial charge in [0, 0.05) is 5.41 Å². The zero-order chi connectivity index (χ0) is 21.2. The number of hydrogen-bond donors (Lipinski definition) is 1. The molecule has 0 radical (unpaired) electrons. The molecule has 0 saturated heterocycles. The number of aromatic nitrogens is 2. The number of nitrogens with zero attached hydrogens (tertiary/aromatic N) is 1. The van der Waals surface area contributed by atoms with Crippen LogP contribution in [0.1, 0.15) is 82.2 Å². The monoisotopic (exact) mass is 403 g/mol. The molecule has 2 aromatic carbocycles. The largest absolute Gasteiger partial charge is 0.258 e. The smallest absolute Gasteiger partial charge is 0.247 e. The summed E-state index contributed by atoms with van der Waals surface area (Å²) in [5.41, 5.74) is 2.87. The second-order valence-electron chi connectivity index (χ2n) is 8.89. The maximum atomic E-state index is 3.67. The number of nitrogens with one attached hydrogen (secondary N) is 1. The second kappa shape index (κ2) is 11.2. The summed E-state index contributed by atoms with van der Waals surface area (Å²) in [5, 5.41) is 0. The first-order chi connectivity index (χ1) is 14.7. The Labute approximate surface area is 183 Å². The molecule has 0 amide bonds. The fourth-order valence-electron chi connectivity index (χ4n) is 4.82. The van der Waals surface area contributed by atoms with Crippen molar-refractivity contribution in [2.45, 2.75) is 83.6 Å². The molecular formula is C28H39N2+. The number of benzene rings is 2. The standard InChI is InChI=1S/C28H38N2/c1-4-6-10-19-26(27-29-20-22-30(27)21-7-5-2)28(3,25-17-13-9-14-18-25)23-24-15-11-8-12-16-24/h8-9,11-18,20,22,26H,4-7,10,19,21,23H2,1-3H3/p+1. The van der Waals surface area contributed by atoms with Crippen LogP contribution in [0.5, 0.6) is 0 Å². The molecule has 30 heavy (non-hydrogen) atoms. The molecule has 0 bridgehead atoms. The van der Waals surface area contributed by atoms with Gasteiger partial charge < -0.3 is 0 Å². The van der Waals surface area contributed by atoms with Gasteiger partial charge in [0.2, 0.25) is 0 Å². The molecule has 2 atom stereocenters. The number of aryl methyl sites for hydroxylation is 1. The number of rotatable bonds is 12. The quantitative estimate of drug-likeness (QED) is 0.249. The summed E-state index contributed by atoms with van der Waals surface area (Å²) in [6.45, 7) is 8.15. The van der Waals surface area contributed by atoms with E-state index in [-0.39, 0.29) is 5.41 Å². The molecule has 0 fully saturated rings. The van der Waals surface area contributed by atoms with E-state index in [1.807, 2.05) is 0 Å².